The number of carbonyl (C=O) groups is 2. The summed E-state index contributed by atoms with van der Waals surface area (Å²) < 4.78 is 26.6. The molecule has 0 spiro atoms. The third-order valence-electron chi connectivity index (χ3n) is 7.08. The van der Waals surface area contributed by atoms with Gasteiger partial charge >= 0.3 is 6.09 Å². The van der Waals surface area contributed by atoms with Crippen LogP contribution in [-0.2, 0) is 9.53 Å². The van der Waals surface area contributed by atoms with Crippen molar-refractivity contribution in [1.82, 2.24) is 10.3 Å². The van der Waals surface area contributed by atoms with Crippen molar-refractivity contribution in [3.8, 4) is 16.9 Å². The highest BCUT2D eigenvalue weighted by Crippen LogP contribution is 2.46. The molecule has 2 aromatic rings. The molecule has 0 bridgehead atoms. The summed E-state index contributed by atoms with van der Waals surface area (Å²) in [6, 6.07) is 9.85. The van der Waals surface area contributed by atoms with Crippen LogP contribution in [0.4, 0.5) is 20.6 Å². The van der Waals surface area contributed by atoms with Gasteiger partial charge in [0.2, 0.25) is 0 Å². The molecule has 10 heteroatoms. The number of nitrogens with zero attached hydrogens (tertiary/aromatic N) is 4. The van der Waals surface area contributed by atoms with E-state index in [0.29, 0.717) is 41.5 Å². The van der Waals surface area contributed by atoms with Crippen LogP contribution in [0, 0.1) is 5.82 Å². The predicted octanol–water partition coefficient (Wildman–Crippen LogP) is 3.97. The van der Waals surface area contributed by atoms with Gasteiger partial charge in [0.1, 0.15) is 29.8 Å². The SMILES string of the molecule is CC1C(=O)NN=C2COc3cc(-c4ccccc4F)c(N(C)C4(C)CN(C(=O)OC(C)(C)C)C4)cc3N21. The number of likely N-dealkylation sites (tertiary alicyclic amines) is 1. The zero-order valence-corrected chi connectivity index (χ0v) is 22.0. The number of benzene rings is 2. The number of amidine groups is 1. The molecule has 0 aliphatic carbocycles. The molecule has 1 fully saturated rings. The maximum Gasteiger partial charge on any atom is 0.410 e. The second-order valence-corrected chi connectivity index (χ2v) is 11.0. The summed E-state index contributed by atoms with van der Waals surface area (Å²) in [4.78, 5) is 30.6. The minimum absolute atomic E-state index is 0.187. The van der Waals surface area contributed by atoms with E-state index in [1.165, 1.54) is 6.07 Å². The molecule has 0 radical (unpaired) electrons. The molecule has 0 saturated carbocycles. The molecule has 5 rings (SSSR count). The van der Waals surface area contributed by atoms with Gasteiger partial charge in [-0.05, 0) is 52.8 Å². The fourth-order valence-corrected chi connectivity index (χ4v) is 4.97. The van der Waals surface area contributed by atoms with Gasteiger partial charge in [-0.2, -0.15) is 5.10 Å². The van der Waals surface area contributed by atoms with Crippen LogP contribution in [0.5, 0.6) is 5.75 Å². The number of ether oxygens (including phenoxy) is 2. The lowest BCUT2D eigenvalue weighted by atomic mass is 9.88. The second-order valence-electron chi connectivity index (χ2n) is 11.0. The number of rotatable bonds is 3. The van der Waals surface area contributed by atoms with Crippen LogP contribution < -0.4 is 20.0 Å². The molecule has 9 nitrogen and oxygen atoms in total. The van der Waals surface area contributed by atoms with Crippen molar-refractivity contribution >= 4 is 29.2 Å². The van der Waals surface area contributed by atoms with Crippen molar-refractivity contribution in [3.05, 3.63) is 42.2 Å². The van der Waals surface area contributed by atoms with Gasteiger partial charge in [0.25, 0.3) is 5.91 Å². The summed E-state index contributed by atoms with van der Waals surface area (Å²) in [5, 5.41) is 4.17. The summed E-state index contributed by atoms with van der Waals surface area (Å²) in [6.07, 6.45) is -0.361. The number of hydrogen-bond acceptors (Lipinski definition) is 7. The Morgan fingerprint density at radius 2 is 1.95 bits per heavy atom. The number of hydrazone groups is 1. The van der Waals surface area contributed by atoms with Gasteiger partial charge in [-0.15, -0.1) is 0 Å². The molecule has 196 valence electrons. The Bertz CT molecular complexity index is 1300. The maximum absolute atomic E-state index is 15.0. The van der Waals surface area contributed by atoms with E-state index in [4.69, 9.17) is 9.47 Å². The number of carbonyl (C=O) groups excluding carboxylic acids is 2. The average Bonchev–Trinajstić information content (AvgIpc) is 2.82. The summed E-state index contributed by atoms with van der Waals surface area (Å²) in [5.74, 6) is 0.571. The van der Waals surface area contributed by atoms with Gasteiger partial charge < -0.3 is 24.2 Å². The van der Waals surface area contributed by atoms with Gasteiger partial charge in [-0.1, -0.05) is 18.2 Å². The number of fused-ring (bicyclic) bond motifs is 3. The van der Waals surface area contributed by atoms with Crippen LogP contribution >= 0.6 is 0 Å². The first-order valence-corrected chi connectivity index (χ1v) is 12.3. The predicted molar refractivity (Wildman–Crippen MR) is 139 cm³/mol. The molecule has 3 heterocycles. The Morgan fingerprint density at radius 3 is 2.62 bits per heavy atom. The Labute approximate surface area is 215 Å². The first-order valence-electron chi connectivity index (χ1n) is 12.3. The largest absolute Gasteiger partial charge is 0.483 e. The van der Waals surface area contributed by atoms with E-state index < -0.39 is 17.2 Å². The summed E-state index contributed by atoms with van der Waals surface area (Å²) in [5.41, 5.74) is 4.05. The van der Waals surface area contributed by atoms with Crippen molar-refractivity contribution in [1.29, 1.82) is 0 Å². The van der Waals surface area contributed by atoms with Gasteiger partial charge in [0.05, 0.1) is 11.2 Å². The monoisotopic (exact) mass is 509 g/mol. The van der Waals surface area contributed by atoms with Crippen LogP contribution in [0.2, 0.25) is 0 Å². The van der Waals surface area contributed by atoms with E-state index in [2.05, 4.69) is 22.4 Å². The van der Waals surface area contributed by atoms with Crippen molar-refractivity contribution in [2.45, 2.75) is 51.8 Å². The maximum atomic E-state index is 15.0. The topological polar surface area (TPSA) is 86.7 Å². The zero-order valence-electron chi connectivity index (χ0n) is 22.0. The van der Waals surface area contributed by atoms with E-state index in [9.17, 15) is 9.59 Å². The molecule has 37 heavy (non-hydrogen) atoms. The Morgan fingerprint density at radius 1 is 1.24 bits per heavy atom. The standard InChI is InChI=1S/C27H32FN5O4/c1-16-24(34)30-29-23-13-36-22-11-18(17-9-7-8-10-19(17)28)20(12-21(22)33(16)23)31(6)27(5)14-32(15-27)25(35)37-26(2,3)4/h7-12,16H,13-15H2,1-6H3,(H,30,34). The molecule has 0 aromatic heterocycles. The molecule has 2 aromatic carbocycles. The third-order valence-corrected chi connectivity index (χ3v) is 7.08. The molecule has 1 atom stereocenters. The molecular formula is C27H32FN5O4. The van der Waals surface area contributed by atoms with Crippen LogP contribution in [0.3, 0.4) is 0 Å². The Balaban J connectivity index is 1.56. The van der Waals surface area contributed by atoms with Crippen LogP contribution in [0.1, 0.15) is 34.6 Å². The van der Waals surface area contributed by atoms with E-state index in [0.717, 1.165) is 5.69 Å². The van der Waals surface area contributed by atoms with E-state index in [1.54, 1.807) is 30.0 Å². The lowest BCUT2D eigenvalue weighted by Crippen LogP contribution is -2.69. The fraction of sp³-hybridized carbons (Fsp3) is 0.444. The van der Waals surface area contributed by atoms with Crippen molar-refractivity contribution < 1.29 is 23.5 Å². The third kappa shape index (κ3) is 4.34. The highest BCUT2D eigenvalue weighted by molar-refractivity contribution is 6.10. The fourth-order valence-electron chi connectivity index (χ4n) is 4.97. The van der Waals surface area contributed by atoms with Gasteiger partial charge in [0.15, 0.2) is 5.84 Å². The first-order chi connectivity index (χ1) is 17.4. The van der Waals surface area contributed by atoms with Crippen LogP contribution in [0.25, 0.3) is 11.1 Å². The lowest BCUT2D eigenvalue weighted by molar-refractivity contribution is -0.122. The number of halogens is 1. The molecule has 3 aliphatic heterocycles. The molecule has 1 saturated heterocycles. The Hall–Kier alpha value is -3.82. The number of anilines is 2. The van der Waals surface area contributed by atoms with Gasteiger partial charge in [0, 0.05) is 37.0 Å². The van der Waals surface area contributed by atoms with E-state index in [1.807, 2.05) is 44.9 Å². The van der Waals surface area contributed by atoms with Crippen LogP contribution in [-0.4, -0.2) is 66.7 Å². The summed E-state index contributed by atoms with van der Waals surface area (Å²) in [6.45, 7) is 10.4. The number of nitrogens with one attached hydrogen (secondary N) is 1. The lowest BCUT2D eigenvalue weighted by Gasteiger charge is -2.53. The van der Waals surface area contributed by atoms with E-state index in [-0.39, 0.29) is 24.4 Å². The highest BCUT2D eigenvalue weighted by Gasteiger charge is 2.47. The normalized spacial score (nSPS) is 20.0. The minimum Gasteiger partial charge on any atom is -0.483 e. The smallest absolute Gasteiger partial charge is 0.410 e. The number of amides is 2. The molecular weight excluding hydrogens is 477 g/mol. The summed E-state index contributed by atoms with van der Waals surface area (Å²) in [7, 11) is 1.93. The zero-order chi connectivity index (χ0) is 26.7. The average molecular weight is 510 g/mol. The Kier molecular flexibility index (Phi) is 5.80. The highest BCUT2D eigenvalue weighted by atomic mass is 19.1. The van der Waals surface area contributed by atoms with Gasteiger partial charge in [-0.3, -0.25) is 4.79 Å². The molecule has 1 unspecified atom stereocenters. The second kappa shape index (κ2) is 8.64. The van der Waals surface area contributed by atoms with Crippen molar-refractivity contribution in [2.24, 2.45) is 5.10 Å². The number of hydrogen-bond donors (Lipinski definition) is 1. The van der Waals surface area contributed by atoms with Gasteiger partial charge in [-0.25, -0.2) is 14.6 Å². The van der Waals surface area contributed by atoms with E-state index >= 15 is 4.39 Å². The molecule has 3 aliphatic rings. The first kappa shape index (κ1) is 24.9. The minimum atomic E-state index is -0.581. The summed E-state index contributed by atoms with van der Waals surface area (Å²) >= 11 is 0. The molecule has 2 amide bonds. The number of likely N-dealkylation sites (N-methyl/N-ethyl adjacent to an activating group) is 1. The molecule has 1 N–H and O–H groups in total. The van der Waals surface area contributed by atoms with Crippen LogP contribution in [0.15, 0.2) is 41.5 Å². The van der Waals surface area contributed by atoms with Crippen molar-refractivity contribution in [2.75, 3.05) is 36.5 Å². The van der Waals surface area contributed by atoms with Crippen molar-refractivity contribution in [3.63, 3.8) is 0 Å². The quantitative estimate of drug-likeness (QED) is 0.674.